The Morgan fingerprint density at radius 3 is 2.63 bits per heavy atom. The van der Waals surface area contributed by atoms with Gasteiger partial charge in [0.2, 0.25) is 0 Å². The number of aliphatic hydroxyl groups is 1. The Hall–Kier alpha value is -0.860. The maximum Gasteiger partial charge on any atom is 0.0581 e. The molecule has 1 aliphatic rings. The maximum absolute atomic E-state index is 10.2. The second-order valence-electron chi connectivity index (χ2n) is 6.92. The second kappa shape index (κ2) is 6.06. The Bertz CT molecular complexity index is 388. The fourth-order valence-electron chi connectivity index (χ4n) is 3.27. The molecule has 0 radical (unpaired) electrons. The summed E-state index contributed by atoms with van der Waals surface area (Å²) >= 11 is 0. The van der Waals surface area contributed by atoms with Gasteiger partial charge in [-0.1, -0.05) is 44.2 Å². The monoisotopic (exact) mass is 261 g/mol. The third-order valence-electron chi connectivity index (χ3n) is 4.32. The molecule has 0 amide bonds. The van der Waals surface area contributed by atoms with E-state index in [0.29, 0.717) is 11.3 Å². The summed E-state index contributed by atoms with van der Waals surface area (Å²) in [7, 11) is 2.15. The van der Waals surface area contributed by atoms with Crippen LogP contribution in [0.1, 0.15) is 38.7 Å². The van der Waals surface area contributed by atoms with Crippen molar-refractivity contribution in [1.29, 1.82) is 0 Å². The van der Waals surface area contributed by atoms with Gasteiger partial charge >= 0.3 is 0 Å². The van der Waals surface area contributed by atoms with Gasteiger partial charge in [-0.15, -0.1) is 0 Å². The van der Waals surface area contributed by atoms with E-state index >= 15 is 0 Å². The van der Waals surface area contributed by atoms with Crippen LogP contribution in [0.25, 0.3) is 0 Å². The zero-order valence-corrected chi connectivity index (χ0v) is 12.5. The summed E-state index contributed by atoms with van der Waals surface area (Å²) in [5.41, 5.74) is 1.73. The van der Waals surface area contributed by atoms with Crippen molar-refractivity contribution in [3.8, 4) is 0 Å². The molecule has 1 aliphatic carbocycles. The van der Waals surface area contributed by atoms with Gasteiger partial charge in [0, 0.05) is 13.1 Å². The lowest BCUT2D eigenvalue weighted by Crippen LogP contribution is -2.39. The molecule has 2 nitrogen and oxygen atoms in total. The lowest BCUT2D eigenvalue weighted by molar-refractivity contribution is 0.00673. The minimum absolute atomic E-state index is 0.119. The van der Waals surface area contributed by atoms with Gasteiger partial charge in [-0.05, 0) is 43.2 Å². The summed E-state index contributed by atoms with van der Waals surface area (Å²) in [6, 6.07) is 10.6. The van der Waals surface area contributed by atoms with Crippen molar-refractivity contribution >= 4 is 0 Å². The molecule has 19 heavy (non-hydrogen) atoms. The molecule has 1 saturated carbocycles. The first-order valence-electron chi connectivity index (χ1n) is 7.37. The Morgan fingerprint density at radius 2 is 1.95 bits per heavy atom. The molecule has 0 spiro atoms. The molecule has 2 rings (SSSR count). The molecule has 1 aromatic rings. The van der Waals surface area contributed by atoms with Crippen LogP contribution in [0.3, 0.4) is 0 Å². The van der Waals surface area contributed by atoms with Crippen molar-refractivity contribution in [2.75, 3.05) is 13.6 Å². The van der Waals surface area contributed by atoms with Crippen molar-refractivity contribution in [2.45, 2.75) is 45.8 Å². The van der Waals surface area contributed by atoms with Crippen LogP contribution in [-0.4, -0.2) is 29.7 Å². The molecule has 1 fully saturated rings. The van der Waals surface area contributed by atoms with E-state index < -0.39 is 0 Å². The molecule has 106 valence electrons. The van der Waals surface area contributed by atoms with E-state index in [0.717, 1.165) is 32.4 Å². The average molecular weight is 261 g/mol. The minimum Gasteiger partial charge on any atom is -0.393 e. The van der Waals surface area contributed by atoms with Crippen molar-refractivity contribution < 1.29 is 5.11 Å². The predicted octanol–water partition coefficient (Wildman–Crippen LogP) is 3.31. The molecule has 0 aromatic heterocycles. The van der Waals surface area contributed by atoms with Crippen LogP contribution in [0.2, 0.25) is 0 Å². The van der Waals surface area contributed by atoms with Crippen molar-refractivity contribution in [3.63, 3.8) is 0 Å². The third-order valence-corrected chi connectivity index (χ3v) is 4.32. The van der Waals surface area contributed by atoms with Gasteiger partial charge in [0.15, 0.2) is 0 Å². The molecule has 2 atom stereocenters. The first kappa shape index (κ1) is 14.5. The van der Waals surface area contributed by atoms with Crippen molar-refractivity contribution in [1.82, 2.24) is 4.90 Å². The van der Waals surface area contributed by atoms with E-state index in [-0.39, 0.29) is 6.10 Å². The zero-order valence-electron chi connectivity index (χ0n) is 12.5. The Morgan fingerprint density at radius 1 is 1.26 bits per heavy atom. The highest BCUT2D eigenvalue weighted by Crippen LogP contribution is 2.38. The first-order chi connectivity index (χ1) is 8.96. The zero-order chi connectivity index (χ0) is 13.9. The fourth-order valence-corrected chi connectivity index (χ4v) is 3.27. The SMILES string of the molecule is CN(Cc1ccccc1)CC1CC(C)(C)CCC1O. The number of rotatable bonds is 4. The van der Waals surface area contributed by atoms with Crippen LogP contribution in [0.15, 0.2) is 30.3 Å². The summed E-state index contributed by atoms with van der Waals surface area (Å²) in [5.74, 6) is 0.414. The summed E-state index contributed by atoms with van der Waals surface area (Å²) in [6.45, 7) is 6.59. The van der Waals surface area contributed by atoms with Crippen LogP contribution < -0.4 is 0 Å². The highest BCUT2D eigenvalue weighted by atomic mass is 16.3. The molecular formula is C17H27NO. The molecule has 0 saturated heterocycles. The summed E-state index contributed by atoms with van der Waals surface area (Å²) in [5, 5.41) is 10.2. The predicted molar refractivity (Wildman–Crippen MR) is 79.9 cm³/mol. The lowest BCUT2D eigenvalue weighted by atomic mass is 9.71. The second-order valence-corrected chi connectivity index (χ2v) is 6.92. The summed E-state index contributed by atoms with van der Waals surface area (Å²) < 4.78 is 0. The van der Waals surface area contributed by atoms with Gasteiger partial charge in [-0.3, -0.25) is 0 Å². The van der Waals surface area contributed by atoms with E-state index in [2.05, 4.69) is 56.1 Å². The van der Waals surface area contributed by atoms with E-state index in [4.69, 9.17) is 0 Å². The van der Waals surface area contributed by atoms with Gasteiger partial charge in [0.25, 0.3) is 0 Å². The highest BCUT2D eigenvalue weighted by Gasteiger charge is 2.34. The Kier molecular flexibility index (Phi) is 4.64. The van der Waals surface area contributed by atoms with Crippen LogP contribution in [0, 0.1) is 11.3 Å². The number of aliphatic hydroxyl groups excluding tert-OH is 1. The minimum atomic E-state index is -0.119. The van der Waals surface area contributed by atoms with Crippen LogP contribution in [-0.2, 0) is 6.54 Å². The summed E-state index contributed by atoms with van der Waals surface area (Å²) in [4.78, 5) is 2.34. The van der Waals surface area contributed by atoms with Crippen LogP contribution in [0.4, 0.5) is 0 Å². The molecule has 0 bridgehead atoms. The first-order valence-corrected chi connectivity index (χ1v) is 7.37. The van der Waals surface area contributed by atoms with Gasteiger partial charge < -0.3 is 10.0 Å². The van der Waals surface area contributed by atoms with Gasteiger partial charge in [-0.2, -0.15) is 0 Å². The number of hydrogen-bond acceptors (Lipinski definition) is 2. The molecule has 1 aromatic carbocycles. The smallest absolute Gasteiger partial charge is 0.0581 e. The topological polar surface area (TPSA) is 23.5 Å². The lowest BCUT2D eigenvalue weighted by Gasteiger charge is -2.40. The molecule has 2 unspecified atom stereocenters. The van der Waals surface area contributed by atoms with Crippen molar-refractivity contribution in [2.24, 2.45) is 11.3 Å². The van der Waals surface area contributed by atoms with Gasteiger partial charge in [0.05, 0.1) is 6.10 Å². The maximum atomic E-state index is 10.2. The molecule has 1 N–H and O–H groups in total. The van der Waals surface area contributed by atoms with Crippen LogP contribution in [0.5, 0.6) is 0 Å². The fraction of sp³-hybridized carbons (Fsp3) is 0.647. The van der Waals surface area contributed by atoms with Crippen LogP contribution >= 0.6 is 0 Å². The molecule has 0 heterocycles. The summed E-state index contributed by atoms with van der Waals surface area (Å²) in [6.07, 6.45) is 3.11. The average Bonchev–Trinajstić information content (AvgIpc) is 2.35. The number of hydrogen-bond donors (Lipinski definition) is 1. The standard InChI is InChI=1S/C17H27NO/c1-17(2)10-9-16(19)15(11-17)13-18(3)12-14-7-5-4-6-8-14/h4-8,15-16,19H,9-13H2,1-3H3. The number of nitrogens with zero attached hydrogens (tertiary/aromatic N) is 1. The molecule has 0 aliphatic heterocycles. The number of benzene rings is 1. The van der Waals surface area contributed by atoms with Gasteiger partial charge in [-0.25, -0.2) is 0 Å². The highest BCUT2D eigenvalue weighted by molar-refractivity contribution is 5.14. The van der Waals surface area contributed by atoms with E-state index in [1.54, 1.807) is 0 Å². The third kappa shape index (κ3) is 4.32. The van der Waals surface area contributed by atoms with E-state index in [1.807, 2.05) is 0 Å². The molecule has 2 heteroatoms. The Balaban J connectivity index is 1.89. The van der Waals surface area contributed by atoms with E-state index in [1.165, 1.54) is 5.56 Å². The Labute approximate surface area is 117 Å². The van der Waals surface area contributed by atoms with Gasteiger partial charge in [0.1, 0.15) is 0 Å². The quantitative estimate of drug-likeness (QED) is 0.899. The van der Waals surface area contributed by atoms with Crippen molar-refractivity contribution in [3.05, 3.63) is 35.9 Å². The molecular weight excluding hydrogens is 234 g/mol. The normalized spacial score (nSPS) is 26.6. The largest absolute Gasteiger partial charge is 0.393 e. The van der Waals surface area contributed by atoms with E-state index in [9.17, 15) is 5.11 Å².